The normalized spacial score (nSPS) is 17.8. The molecule has 0 aromatic rings. The van der Waals surface area contributed by atoms with Crippen LogP contribution in [0.3, 0.4) is 0 Å². The van der Waals surface area contributed by atoms with Crippen LogP contribution in [0, 0.1) is 0 Å². The summed E-state index contributed by atoms with van der Waals surface area (Å²) in [5.74, 6) is -0.820. The number of esters is 1. The zero-order chi connectivity index (χ0) is 34.0. The number of amides is 3. The van der Waals surface area contributed by atoms with Crippen LogP contribution in [0.5, 0.6) is 0 Å². The zero-order valence-electron chi connectivity index (χ0n) is 28.9. The lowest BCUT2D eigenvalue weighted by molar-refractivity contribution is -0.150. The van der Waals surface area contributed by atoms with Gasteiger partial charge in [0.2, 0.25) is 11.8 Å². The van der Waals surface area contributed by atoms with Gasteiger partial charge in [-0.3, -0.25) is 19.3 Å². The number of β-lactam (4-membered cyclic amide) rings is 1. The van der Waals surface area contributed by atoms with Crippen molar-refractivity contribution in [1.82, 2.24) is 15.1 Å². The van der Waals surface area contributed by atoms with Gasteiger partial charge in [-0.15, -0.1) is 11.8 Å². The van der Waals surface area contributed by atoms with Crippen LogP contribution in [0.1, 0.15) is 98.8 Å². The predicted octanol–water partition coefficient (Wildman–Crippen LogP) is 5.00. The van der Waals surface area contributed by atoms with E-state index in [2.05, 4.69) is 33.0 Å². The van der Waals surface area contributed by atoms with Gasteiger partial charge < -0.3 is 33.9 Å². The lowest BCUT2D eigenvalue weighted by atomic mass is 9.81. The molecule has 0 aliphatic carbocycles. The minimum Gasteiger partial charge on any atom is -0.461 e. The van der Waals surface area contributed by atoms with Crippen molar-refractivity contribution < 1.29 is 42.9 Å². The van der Waals surface area contributed by atoms with Gasteiger partial charge in [0.1, 0.15) is 24.6 Å². The predicted molar refractivity (Wildman–Crippen MR) is 177 cm³/mol. The number of rotatable bonds is 24. The number of hydrogen-bond donors (Lipinski definition) is 1. The van der Waals surface area contributed by atoms with Crippen molar-refractivity contribution in [3.63, 3.8) is 0 Å². The summed E-state index contributed by atoms with van der Waals surface area (Å²) in [6, 6.07) is -0.799. The van der Waals surface area contributed by atoms with Crippen LogP contribution in [0.2, 0.25) is 0 Å². The Morgan fingerprint density at radius 1 is 0.935 bits per heavy atom. The van der Waals surface area contributed by atoms with Gasteiger partial charge in [-0.2, -0.15) is 0 Å². The number of nitrogens with zero attached hydrogens (tertiary/aromatic N) is 2. The molecule has 2 aliphatic rings. The molecular formula is C33H57N3O9S. The summed E-state index contributed by atoms with van der Waals surface area (Å²) in [4.78, 5) is 55.3. The average molecular weight is 672 g/mol. The fourth-order valence-corrected chi connectivity index (χ4v) is 7.09. The third kappa shape index (κ3) is 11.7. The molecule has 0 aromatic carbocycles. The number of unbranched alkanes of at least 4 members (excludes halogenated alkanes) is 3. The van der Waals surface area contributed by atoms with Gasteiger partial charge >= 0.3 is 12.1 Å². The molecule has 0 saturated carbocycles. The highest BCUT2D eigenvalue weighted by atomic mass is 32.2. The minimum atomic E-state index is -0.799. The molecule has 2 atom stereocenters. The Morgan fingerprint density at radius 2 is 1.59 bits per heavy atom. The Balaban J connectivity index is 2.26. The average Bonchev–Trinajstić information content (AvgIpc) is 3.03. The Hall–Kier alpha value is -2.35. The lowest BCUT2D eigenvalue weighted by Crippen LogP contribution is -2.70. The second-order valence-corrected chi connectivity index (χ2v) is 13.0. The van der Waals surface area contributed by atoms with Crippen LogP contribution < -0.4 is 5.32 Å². The molecule has 0 spiro atoms. The van der Waals surface area contributed by atoms with Crippen molar-refractivity contribution in [3.05, 3.63) is 11.5 Å². The van der Waals surface area contributed by atoms with Crippen molar-refractivity contribution in [2.45, 2.75) is 116 Å². The molecule has 1 N–H and O–H groups in total. The van der Waals surface area contributed by atoms with E-state index in [-0.39, 0.29) is 31.2 Å². The van der Waals surface area contributed by atoms with Gasteiger partial charge in [0, 0.05) is 37.4 Å². The number of ether oxygens (including phenoxy) is 5. The first kappa shape index (κ1) is 39.8. The number of methoxy groups -OCH3 is 1. The van der Waals surface area contributed by atoms with Gasteiger partial charge in [0.25, 0.3) is 5.91 Å². The zero-order valence-corrected chi connectivity index (χ0v) is 29.7. The summed E-state index contributed by atoms with van der Waals surface area (Å²) in [5, 5.41) is 2.29. The first-order chi connectivity index (χ1) is 22.2. The van der Waals surface area contributed by atoms with Gasteiger partial charge in [-0.05, 0) is 25.7 Å². The Bertz CT molecular complexity index is 1000. The number of fused-ring (bicyclic) bond motifs is 1. The molecule has 2 heterocycles. The maximum Gasteiger partial charge on any atom is 0.416 e. The van der Waals surface area contributed by atoms with Gasteiger partial charge in [-0.25, -0.2) is 4.79 Å². The van der Waals surface area contributed by atoms with Crippen LogP contribution in [-0.4, -0.2) is 110 Å². The van der Waals surface area contributed by atoms with E-state index >= 15 is 0 Å². The standard InChI is InChI=1S/C33H57N3O9S/c1-7-11-15-33(14-10-4,16-12-8-2)35(17-13-9-3)32(40)45-30-26(22-44-25(5)37)24-46-31-28(29(39)36(30)31)34-27(38)23-43-21-20-42-19-18-41-6/h28,31H,7-24H2,1-6H3,(H,34,38)/t28-,31?/m1/s1. The maximum absolute atomic E-state index is 14.2. The summed E-state index contributed by atoms with van der Waals surface area (Å²) in [5.41, 5.74) is 0.190. The summed E-state index contributed by atoms with van der Waals surface area (Å²) in [6.45, 7) is 11.6. The van der Waals surface area contributed by atoms with E-state index in [1.54, 1.807) is 7.11 Å². The lowest BCUT2D eigenvalue weighted by Gasteiger charge is -2.50. The van der Waals surface area contributed by atoms with E-state index in [0.717, 1.165) is 64.2 Å². The molecule has 0 aromatic heterocycles. The number of carbonyl (C=O) groups excluding carboxylic acids is 4. The van der Waals surface area contributed by atoms with E-state index < -0.39 is 35.3 Å². The van der Waals surface area contributed by atoms with Crippen molar-refractivity contribution in [2.24, 2.45) is 0 Å². The first-order valence-corrected chi connectivity index (χ1v) is 18.0. The molecule has 2 rings (SSSR count). The molecule has 264 valence electrons. The molecule has 2 aliphatic heterocycles. The van der Waals surface area contributed by atoms with Crippen molar-refractivity contribution >= 4 is 35.6 Å². The Morgan fingerprint density at radius 3 is 2.20 bits per heavy atom. The van der Waals surface area contributed by atoms with E-state index in [1.165, 1.54) is 23.6 Å². The molecule has 1 fully saturated rings. The number of carbonyl (C=O) groups is 4. The van der Waals surface area contributed by atoms with Crippen LogP contribution in [0.15, 0.2) is 11.5 Å². The highest BCUT2D eigenvalue weighted by molar-refractivity contribution is 8.00. The summed E-state index contributed by atoms with van der Waals surface area (Å²) in [6.07, 6.45) is 8.85. The topological polar surface area (TPSA) is 133 Å². The van der Waals surface area contributed by atoms with Crippen LogP contribution in [0.25, 0.3) is 0 Å². The fourth-order valence-electron chi connectivity index (χ4n) is 5.79. The second-order valence-electron chi connectivity index (χ2n) is 11.9. The van der Waals surface area contributed by atoms with E-state index in [0.29, 0.717) is 37.7 Å². The van der Waals surface area contributed by atoms with Crippen molar-refractivity contribution in [2.75, 3.05) is 59.0 Å². The molecular weight excluding hydrogens is 614 g/mol. The Labute approximate surface area is 279 Å². The summed E-state index contributed by atoms with van der Waals surface area (Å²) < 4.78 is 27.1. The fraction of sp³-hybridized carbons (Fsp3) is 0.818. The SMILES string of the molecule is CCCCN(C(=O)OC1=C(COC(C)=O)CSC2[C@H](NC(=O)COCCOCCOC)C(=O)N12)C(CCC)(CCCC)CCCC. The molecule has 0 bridgehead atoms. The highest BCUT2D eigenvalue weighted by Gasteiger charge is 2.54. The number of thioether (sulfide) groups is 1. The quantitative estimate of drug-likeness (QED) is 0.0850. The number of hydrogen-bond acceptors (Lipinski definition) is 10. The molecule has 1 saturated heterocycles. The smallest absolute Gasteiger partial charge is 0.416 e. The summed E-state index contributed by atoms with van der Waals surface area (Å²) >= 11 is 1.42. The number of nitrogens with one attached hydrogen (secondary N) is 1. The van der Waals surface area contributed by atoms with Crippen LogP contribution in [0.4, 0.5) is 4.79 Å². The minimum absolute atomic E-state index is 0.0977. The van der Waals surface area contributed by atoms with E-state index in [1.807, 2.05) is 4.90 Å². The first-order valence-electron chi connectivity index (χ1n) is 16.9. The monoisotopic (exact) mass is 671 g/mol. The third-order valence-corrected chi connectivity index (χ3v) is 9.55. The van der Waals surface area contributed by atoms with Crippen molar-refractivity contribution in [1.29, 1.82) is 0 Å². The maximum atomic E-state index is 14.2. The second kappa shape index (κ2) is 21.5. The third-order valence-electron chi connectivity index (χ3n) is 8.21. The van der Waals surface area contributed by atoms with Crippen LogP contribution in [-0.2, 0) is 38.1 Å². The molecule has 46 heavy (non-hydrogen) atoms. The van der Waals surface area contributed by atoms with Gasteiger partial charge in [0.05, 0.1) is 26.4 Å². The molecule has 1 unspecified atom stereocenters. The highest BCUT2D eigenvalue weighted by Crippen LogP contribution is 2.42. The van der Waals surface area contributed by atoms with Gasteiger partial charge in [0.15, 0.2) is 0 Å². The van der Waals surface area contributed by atoms with Crippen molar-refractivity contribution in [3.8, 4) is 0 Å². The van der Waals surface area contributed by atoms with Crippen LogP contribution >= 0.6 is 11.8 Å². The van der Waals surface area contributed by atoms with Gasteiger partial charge in [-0.1, -0.05) is 66.2 Å². The summed E-state index contributed by atoms with van der Waals surface area (Å²) in [7, 11) is 1.59. The molecule has 3 amide bonds. The molecule has 13 heteroatoms. The van der Waals surface area contributed by atoms with E-state index in [4.69, 9.17) is 23.7 Å². The molecule has 12 nitrogen and oxygen atoms in total. The van der Waals surface area contributed by atoms with E-state index in [9.17, 15) is 19.2 Å². The Kier molecular flexibility index (Phi) is 18.6. The largest absolute Gasteiger partial charge is 0.461 e. The molecule has 0 radical (unpaired) electrons.